The molecule has 10 heteroatoms. The molecule has 1 aromatic heterocycles. The van der Waals surface area contributed by atoms with E-state index >= 15 is 0 Å². The minimum atomic E-state index is -2.46. The first-order valence-electron chi connectivity index (χ1n) is 14.4. The van der Waals surface area contributed by atoms with Gasteiger partial charge in [0.05, 0.1) is 28.7 Å². The highest BCUT2D eigenvalue weighted by atomic mass is 31.2. The van der Waals surface area contributed by atoms with Gasteiger partial charge in [0.2, 0.25) is 5.95 Å². The maximum atomic E-state index is 12.7. The van der Waals surface area contributed by atoms with E-state index in [9.17, 15) is 9.83 Å². The van der Waals surface area contributed by atoms with Crippen LogP contribution in [0.3, 0.4) is 0 Å². The summed E-state index contributed by atoms with van der Waals surface area (Å²) in [6.45, 7) is 22.1. The van der Waals surface area contributed by atoms with E-state index in [0.29, 0.717) is 41.8 Å². The van der Waals surface area contributed by atoms with E-state index in [1.807, 2.05) is 44.2 Å². The molecule has 8 nitrogen and oxygen atoms in total. The zero-order valence-corrected chi connectivity index (χ0v) is 28.4. The summed E-state index contributed by atoms with van der Waals surface area (Å²) in [4.78, 5) is 9.26. The Morgan fingerprint density at radius 2 is 1.90 bits per heavy atom. The van der Waals surface area contributed by atoms with Crippen molar-refractivity contribution in [2.45, 2.75) is 71.2 Å². The van der Waals surface area contributed by atoms with E-state index in [1.54, 1.807) is 19.5 Å². The number of rotatable bonds is 9. The Labute approximate surface area is 251 Å². The van der Waals surface area contributed by atoms with Crippen molar-refractivity contribution < 1.29 is 13.7 Å². The van der Waals surface area contributed by atoms with Gasteiger partial charge in [-0.25, -0.2) is 9.97 Å². The molecule has 0 amide bonds. The quantitative estimate of drug-likeness (QED) is 0.191. The lowest BCUT2D eigenvalue weighted by molar-refractivity contribution is 0.220. The fraction of sp³-hybridized carbons (Fsp3) is 0.469. The van der Waals surface area contributed by atoms with Gasteiger partial charge in [-0.3, -0.25) is 0 Å². The second-order valence-corrected chi connectivity index (χ2v) is 21.6. The van der Waals surface area contributed by atoms with Gasteiger partial charge in [0.25, 0.3) is 0 Å². The van der Waals surface area contributed by atoms with Crippen LogP contribution in [-0.2, 0) is 14.4 Å². The van der Waals surface area contributed by atoms with E-state index in [4.69, 9.17) is 14.1 Å². The third kappa shape index (κ3) is 6.72. The largest absolute Gasteiger partial charge is 0.489 e. The Morgan fingerprint density at radius 1 is 1.19 bits per heavy atom. The molecule has 2 N–H and O–H groups in total. The summed E-state index contributed by atoms with van der Waals surface area (Å²) in [5, 5.41) is 17.7. The Balaban J connectivity index is 1.68. The van der Waals surface area contributed by atoms with Crippen molar-refractivity contribution in [3.63, 3.8) is 0 Å². The fourth-order valence-corrected chi connectivity index (χ4v) is 6.58. The SMILES string of the molecule is CC(C)Oc1cc(P(C)(C)=O)ccc1Nc1nccc(-c2cc(C#N)c3c(c2)[C@@](C)(CO[Si](C)(C)C(C)(C)C)CN3)n1. The molecular formula is C32H44N5O3PSi. The second-order valence-electron chi connectivity index (χ2n) is 13.6. The van der Waals surface area contributed by atoms with Gasteiger partial charge >= 0.3 is 0 Å². The highest BCUT2D eigenvalue weighted by Crippen LogP contribution is 2.44. The standard InChI is InChI=1S/C32H44N5O3PSi/c1-21(2)40-28-17-24(41(7,8)38)11-12-27(28)37-30-34-14-13-26(36-30)22-15-23(18-33)29-25(16-22)32(6,19-35-29)20-39-42(9,10)31(3,4)5/h11-17,21,35H,19-20H2,1-10H3,(H,34,36,37)/t32-/m1/s1. The van der Waals surface area contributed by atoms with E-state index in [2.05, 4.69) is 68.5 Å². The molecule has 3 aromatic rings. The lowest BCUT2D eigenvalue weighted by atomic mass is 9.83. The molecule has 0 saturated carbocycles. The predicted octanol–water partition coefficient (Wildman–Crippen LogP) is 7.50. The molecule has 0 saturated heterocycles. The Bertz CT molecular complexity index is 1570. The molecule has 0 fully saturated rings. The highest BCUT2D eigenvalue weighted by molar-refractivity contribution is 7.70. The van der Waals surface area contributed by atoms with Crippen molar-refractivity contribution in [1.82, 2.24) is 9.97 Å². The number of anilines is 3. The first kappa shape index (κ1) is 31.7. The molecule has 0 aliphatic carbocycles. The third-order valence-electron chi connectivity index (χ3n) is 8.27. The van der Waals surface area contributed by atoms with Crippen molar-refractivity contribution in [3.8, 4) is 23.1 Å². The van der Waals surface area contributed by atoms with Crippen LogP contribution in [0.5, 0.6) is 5.75 Å². The number of nitrogens with zero attached hydrogens (tertiary/aromatic N) is 3. The van der Waals surface area contributed by atoms with E-state index in [0.717, 1.165) is 22.1 Å². The molecule has 2 aromatic carbocycles. The van der Waals surface area contributed by atoms with Crippen LogP contribution in [-0.4, -0.2) is 50.9 Å². The number of fused-ring (bicyclic) bond motifs is 1. The molecule has 224 valence electrons. The normalized spacial score (nSPS) is 17.0. The monoisotopic (exact) mass is 605 g/mol. The van der Waals surface area contributed by atoms with Crippen LogP contribution in [0.4, 0.5) is 17.3 Å². The van der Waals surface area contributed by atoms with E-state index < -0.39 is 15.5 Å². The summed E-state index contributed by atoms with van der Waals surface area (Å²) in [7, 11) is -4.43. The summed E-state index contributed by atoms with van der Waals surface area (Å²) in [6, 6.07) is 13.7. The molecule has 1 aliphatic rings. The van der Waals surface area contributed by atoms with Crippen LogP contribution in [0.2, 0.25) is 18.1 Å². The molecule has 4 rings (SSSR count). The van der Waals surface area contributed by atoms with E-state index in [1.165, 1.54) is 0 Å². The number of ether oxygens (including phenoxy) is 1. The lowest BCUT2D eigenvalue weighted by Gasteiger charge is -2.39. The average molecular weight is 606 g/mol. The average Bonchev–Trinajstić information content (AvgIpc) is 3.23. The Kier molecular flexibility index (Phi) is 8.68. The maximum Gasteiger partial charge on any atom is 0.227 e. The van der Waals surface area contributed by atoms with Gasteiger partial charge in [-0.05, 0) is 87.3 Å². The number of nitrogens with one attached hydrogen (secondary N) is 2. The van der Waals surface area contributed by atoms with Gasteiger partial charge in [-0.15, -0.1) is 0 Å². The number of hydrogen-bond acceptors (Lipinski definition) is 8. The number of nitriles is 1. The number of aromatic nitrogens is 2. The van der Waals surface area contributed by atoms with Crippen molar-refractivity contribution in [2.24, 2.45) is 0 Å². The van der Waals surface area contributed by atoms with Crippen LogP contribution in [0.25, 0.3) is 11.3 Å². The molecule has 2 heterocycles. The summed E-state index contributed by atoms with van der Waals surface area (Å²) in [5.74, 6) is 0.986. The smallest absolute Gasteiger partial charge is 0.227 e. The molecule has 0 unspecified atom stereocenters. The maximum absolute atomic E-state index is 12.7. The van der Waals surface area contributed by atoms with Crippen molar-refractivity contribution in [2.75, 3.05) is 37.1 Å². The topological polar surface area (TPSA) is 109 Å². The summed E-state index contributed by atoms with van der Waals surface area (Å²) >= 11 is 0. The van der Waals surface area contributed by atoms with Gasteiger partial charge in [-0.1, -0.05) is 27.7 Å². The Morgan fingerprint density at radius 3 is 2.52 bits per heavy atom. The zero-order valence-electron chi connectivity index (χ0n) is 26.5. The summed E-state index contributed by atoms with van der Waals surface area (Å²) in [5.41, 5.74) is 4.45. The molecule has 0 bridgehead atoms. The van der Waals surface area contributed by atoms with Gasteiger partial charge < -0.3 is 24.4 Å². The van der Waals surface area contributed by atoms with Crippen LogP contribution in [0.15, 0.2) is 42.6 Å². The fourth-order valence-electron chi connectivity index (χ4n) is 4.61. The summed E-state index contributed by atoms with van der Waals surface area (Å²) in [6.07, 6.45) is 1.63. The summed E-state index contributed by atoms with van der Waals surface area (Å²) < 4.78 is 25.4. The second kappa shape index (κ2) is 11.5. The van der Waals surface area contributed by atoms with Crippen molar-refractivity contribution in [3.05, 3.63) is 53.7 Å². The van der Waals surface area contributed by atoms with Crippen LogP contribution in [0.1, 0.15) is 52.7 Å². The van der Waals surface area contributed by atoms with E-state index in [-0.39, 0.29) is 16.6 Å². The van der Waals surface area contributed by atoms with Gasteiger partial charge in [-0.2, -0.15) is 5.26 Å². The van der Waals surface area contributed by atoms with Crippen LogP contribution < -0.4 is 20.7 Å². The zero-order chi connectivity index (χ0) is 31.1. The third-order valence-corrected chi connectivity index (χ3v) is 14.3. The lowest BCUT2D eigenvalue weighted by Crippen LogP contribution is -2.45. The highest BCUT2D eigenvalue weighted by Gasteiger charge is 2.42. The van der Waals surface area contributed by atoms with Gasteiger partial charge in [0.1, 0.15) is 19.0 Å². The molecule has 1 aliphatic heterocycles. The molecular weight excluding hydrogens is 561 g/mol. The van der Waals surface area contributed by atoms with Crippen LogP contribution >= 0.6 is 7.14 Å². The first-order chi connectivity index (χ1) is 19.4. The minimum absolute atomic E-state index is 0.0690. The minimum Gasteiger partial charge on any atom is -0.489 e. The molecule has 1 atom stereocenters. The van der Waals surface area contributed by atoms with Crippen molar-refractivity contribution in [1.29, 1.82) is 5.26 Å². The van der Waals surface area contributed by atoms with Crippen LogP contribution in [0, 0.1) is 11.3 Å². The van der Waals surface area contributed by atoms with Gasteiger partial charge in [0, 0.05) is 35.6 Å². The van der Waals surface area contributed by atoms with Gasteiger partial charge in [0.15, 0.2) is 8.32 Å². The molecule has 0 radical (unpaired) electrons. The number of benzene rings is 2. The van der Waals surface area contributed by atoms with Crippen molar-refractivity contribution >= 4 is 38.1 Å². The predicted molar refractivity (Wildman–Crippen MR) is 176 cm³/mol. The number of hydrogen-bond donors (Lipinski definition) is 2. The molecule has 42 heavy (non-hydrogen) atoms. The first-order valence-corrected chi connectivity index (χ1v) is 19.9. The molecule has 0 spiro atoms. The Hall–Kier alpha value is -3.18.